The summed E-state index contributed by atoms with van der Waals surface area (Å²) in [6.45, 7) is 4.22. The standard InChI is InChI=1S/C21H20N6O3/c1-14-12-15(2)27(23-14)19-8-9-20(28)26(24-19)11-10-22-21(29)17-13-18(30-25-17)16-6-4-3-5-7-16/h3-9,12-13H,10-11H2,1-2H3,(H,22,29). The van der Waals surface area contributed by atoms with Crippen LogP contribution in [0.2, 0.25) is 0 Å². The van der Waals surface area contributed by atoms with E-state index >= 15 is 0 Å². The first kappa shape index (κ1) is 19.3. The summed E-state index contributed by atoms with van der Waals surface area (Å²) in [7, 11) is 0. The molecule has 152 valence electrons. The molecule has 9 heteroatoms. The molecule has 1 amide bonds. The van der Waals surface area contributed by atoms with Crippen LogP contribution in [0.15, 0.2) is 63.9 Å². The number of hydrogen-bond donors (Lipinski definition) is 1. The van der Waals surface area contributed by atoms with Crippen molar-refractivity contribution in [1.29, 1.82) is 0 Å². The van der Waals surface area contributed by atoms with E-state index in [1.54, 1.807) is 16.8 Å². The zero-order valence-electron chi connectivity index (χ0n) is 16.6. The monoisotopic (exact) mass is 404 g/mol. The van der Waals surface area contributed by atoms with Crippen LogP contribution in [0, 0.1) is 13.8 Å². The summed E-state index contributed by atoms with van der Waals surface area (Å²) >= 11 is 0. The van der Waals surface area contributed by atoms with Crippen LogP contribution in [-0.4, -0.2) is 37.2 Å². The molecule has 0 fully saturated rings. The van der Waals surface area contributed by atoms with Gasteiger partial charge >= 0.3 is 0 Å². The van der Waals surface area contributed by atoms with Crippen molar-refractivity contribution < 1.29 is 9.32 Å². The minimum atomic E-state index is -0.385. The fourth-order valence-corrected chi connectivity index (χ4v) is 3.06. The van der Waals surface area contributed by atoms with Gasteiger partial charge in [0.05, 0.1) is 12.2 Å². The number of benzene rings is 1. The largest absolute Gasteiger partial charge is 0.355 e. The topological polar surface area (TPSA) is 108 Å². The third-order valence-electron chi connectivity index (χ3n) is 4.49. The lowest BCUT2D eigenvalue weighted by Gasteiger charge is -2.08. The molecule has 0 aliphatic carbocycles. The Labute approximate surface area is 171 Å². The Bertz CT molecular complexity index is 1240. The van der Waals surface area contributed by atoms with Crippen molar-refractivity contribution in [3.63, 3.8) is 0 Å². The van der Waals surface area contributed by atoms with Crippen molar-refractivity contribution in [3.8, 4) is 17.1 Å². The minimum absolute atomic E-state index is 0.172. The van der Waals surface area contributed by atoms with E-state index in [4.69, 9.17) is 4.52 Å². The van der Waals surface area contributed by atoms with Gasteiger partial charge in [-0.15, -0.1) is 5.10 Å². The number of hydrogen-bond acceptors (Lipinski definition) is 6. The second kappa shape index (κ2) is 8.16. The maximum Gasteiger partial charge on any atom is 0.273 e. The zero-order chi connectivity index (χ0) is 21.1. The van der Waals surface area contributed by atoms with Crippen LogP contribution in [-0.2, 0) is 6.54 Å². The van der Waals surface area contributed by atoms with Gasteiger partial charge in [0.2, 0.25) is 0 Å². The number of nitrogens with one attached hydrogen (secondary N) is 1. The van der Waals surface area contributed by atoms with Gasteiger partial charge in [0.25, 0.3) is 11.5 Å². The van der Waals surface area contributed by atoms with Crippen molar-refractivity contribution >= 4 is 5.91 Å². The normalized spacial score (nSPS) is 10.9. The van der Waals surface area contributed by atoms with Gasteiger partial charge in [-0.2, -0.15) is 5.10 Å². The van der Waals surface area contributed by atoms with Crippen molar-refractivity contribution in [1.82, 2.24) is 30.0 Å². The molecule has 0 atom stereocenters. The molecule has 3 heterocycles. The van der Waals surface area contributed by atoms with E-state index in [0.29, 0.717) is 11.6 Å². The molecule has 1 aromatic carbocycles. The zero-order valence-corrected chi connectivity index (χ0v) is 16.6. The van der Waals surface area contributed by atoms with Gasteiger partial charge in [-0.1, -0.05) is 35.5 Å². The Hall–Kier alpha value is -4.01. The number of nitrogens with zero attached hydrogens (tertiary/aromatic N) is 5. The SMILES string of the molecule is Cc1cc(C)n(-c2ccc(=O)n(CCNC(=O)c3cc(-c4ccccc4)on3)n2)n1. The first-order valence-electron chi connectivity index (χ1n) is 9.43. The summed E-state index contributed by atoms with van der Waals surface area (Å²) in [6, 6.07) is 16.0. The van der Waals surface area contributed by atoms with Gasteiger partial charge in [0.1, 0.15) is 0 Å². The highest BCUT2D eigenvalue weighted by Crippen LogP contribution is 2.19. The minimum Gasteiger partial charge on any atom is -0.355 e. The van der Waals surface area contributed by atoms with Gasteiger partial charge in [0.15, 0.2) is 17.3 Å². The molecule has 0 unspecified atom stereocenters. The van der Waals surface area contributed by atoms with Gasteiger partial charge < -0.3 is 9.84 Å². The number of amides is 1. The fourth-order valence-electron chi connectivity index (χ4n) is 3.06. The molecule has 9 nitrogen and oxygen atoms in total. The highest BCUT2D eigenvalue weighted by molar-refractivity contribution is 5.93. The third kappa shape index (κ3) is 4.04. The smallest absolute Gasteiger partial charge is 0.273 e. The molecule has 4 aromatic rings. The number of carbonyl (C=O) groups excluding carboxylic acids is 1. The van der Waals surface area contributed by atoms with Crippen molar-refractivity contribution in [2.75, 3.05) is 6.54 Å². The lowest BCUT2D eigenvalue weighted by Crippen LogP contribution is -2.32. The van der Waals surface area contributed by atoms with Crippen molar-refractivity contribution in [2.45, 2.75) is 20.4 Å². The average Bonchev–Trinajstić information content (AvgIpc) is 3.36. The molecule has 0 spiro atoms. The van der Waals surface area contributed by atoms with E-state index in [0.717, 1.165) is 17.0 Å². The third-order valence-corrected chi connectivity index (χ3v) is 4.49. The summed E-state index contributed by atoms with van der Waals surface area (Å²) < 4.78 is 8.21. The van der Waals surface area contributed by atoms with Crippen LogP contribution in [0.4, 0.5) is 0 Å². The first-order chi connectivity index (χ1) is 14.5. The Balaban J connectivity index is 1.41. The van der Waals surface area contributed by atoms with E-state index in [1.165, 1.54) is 10.7 Å². The molecule has 4 rings (SSSR count). The van der Waals surface area contributed by atoms with Crippen molar-refractivity contribution in [3.05, 3.63) is 82.0 Å². The summed E-state index contributed by atoms with van der Waals surface area (Å²) in [5.41, 5.74) is 2.52. The Morgan fingerprint density at radius 3 is 2.60 bits per heavy atom. The van der Waals surface area contributed by atoms with E-state index in [2.05, 4.69) is 20.7 Å². The maximum absolute atomic E-state index is 12.3. The molecule has 1 N–H and O–H groups in total. The van der Waals surface area contributed by atoms with Gasteiger partial charge in [-0.05, 0) is 26.0 Å². The van der Waals surface area contributed by atoms with Crippen molar-refractivity contribution in [2.24, 2.45) is 0 Å². The van der Waals surface area contributed by atoms with E-state index in [1.807, 2.05) is 50.2 Å². The van der Waals surface area contributed by atoms with Gasteiger partial charge in [-0.25, -0.2) is 9.36 Å². The van der Waals surface area contributed by atoms with Crippen LogP contribution in [0.1, 0.15) is 21.9 Å². The first-order valence-corrected chi connectivity index (χ1v) is 9.43. The molecule has 0 bridgehead atoms. The second-order valence-corrected chi connectivity index (χ2v) is 6.79. The number of aromatic nitrogens is 5. The summed E-state index contributed by atoms with van der Waals surface area (Å²) in [5, 5.41) is 15.3. The van der Waals surface area contributed by atoms with Crippen LogP contribution in [0.3, 0.4) is 0 Å². The predicted molar refractivity (Wildman–Crippen MR) is 109 cm³/mol. The highest BCUT2D eigenvalue weighted by Gasteiger charge is 2.13. The lowest BCUT2D eigenvalue weighted by molar-refractivity contribution is 0.0943. The molecule has 0 saturated heterocycles. The second-order valence-electron chi connectivity index (χ2n) is 6.79. The van der Waals surface area contributed by atoms with Crippen LogP contribution in [0.25, 0.3) is 17.1 Å². The molecular formula is C21H20N6O3. The number of rotatable bonds is 6. The molecule has 30 heavy (non-hydrogen) atoms. The summed E-state index contributed by atoms with van der Waals surface area (Å²) in [6.07, 6.45) is 0. The van der Waals surface area contributed by atoms with Gasteiger partial charge in [-0.3, -0.25) is 9.59 Å². The quantitative estimate of drug-likeness (QED) is 0.527. The molecule has 0 radical (unpaired) electrons. The van der Waals surface area contributed by atoms with Crippen LogP contribution < -0.4 is 10.9 Å². The van der Waals surface area contributed by atoms with Crippen LogP contribution >= 0.6 is 0 Å². The molecule has 0 aliphatic rings. The Kier molecular flexibility index (Phi) is 5.25. The number of aryl methyl sites for hydroxylation is 2. The molecular weight excluding hydrogens is 384 g/mol. The van der Waals surface area contributed by atoms with E-state index in [9.17, 15) is 9.59 Å². The molecule has 0 aliphatic heterocycles. The summed E-state index contributed by atoms with van der Waals surface area (Å²) in [5.74, 6) is 0.662. The van der Waals surface area contributed by atoms with Gasteiger partial charge in [0, 0.05) is 29.9 Å². The highest BCUT2D eigenvalue weighted by atomic mass is 16.5. The average molecular weight is 404 g/mol. The Morgan fingerprint density at radius 1 is 1.07 bits per heavy atom. The maximum atomic E-state index is 12.3. The van der Waals surface area contributed by atoms with Crippen LogP contribution in [0.5, 0.6) is 0 Å². The fraction of sp³-hybridized carbons (Fsp3) is 0.190. The molecule has 0 saturated carbocycles. The predicted octanol–water partition coefficient (Wildman–Crippen LogP) is 2.13. The number of carbonyl (C=O) groups is 1. The molecule has 3 aromatic heterocycles. The van der Waals surface area contributed by atoms with E-state index in [-0.39, 0.29) is 30.2 Å². The Morgan fingerprint density at radius 2 is 1.87 bits per heavy atom. The lowest BCUT2D eigenvalue weighted by atomic mass is 10.1. The summed E-state index contributed by atoms with van der Waals surface area (Å²) in [4.78, 5) is 24.5. The van der Waals surface area contributed by atoms with E-state index < -0.39 is 0 Å².